The second kappa shape index (κ2) is 9.94. The average Bonchev–Trinajstić information content (AvgIpc) is 2.74. The molecule has 1 aromatic carbocycles. The molecule has 1 saturated heterocycles. The van der Waals surface area contributed by atoms with Crippen molar-refractivity contribution in [2.24, 2.45) is 5.92 Å². The summed E-state index contributed by atoms with van der Waals surface area (Å²) in [6, 6.07) is 11.0. The molecule has 2 amide bonds. The van der Waals surface area contributed by atoms with Crippen molar-refractivity contribution in [1.82, 2.24) is 15.2 Å². The summed E-state index contributed by atoms with van der Waals surface area (Å²) in [5.74, 6) is 0.401. The lowest BCUT2D eigenvalue weighted by atomic mass is 9.96. The fraction of sp³-hybridized carbons (Fsp3) is 0.381. The minimum atomic E-state index is -0.0217. The molecule has 1 aliphatic rings. The van der Waals surface area contributed by atoms with Gasteiger partial charge in [0.2, 0.25) is 5.91 Å². The summed E-state index contributed by atoms with van der Waals surface area (Å²) in [7, 11) is 0. The number of thioether (sulfide) groups is 1. The number of aromatic nitrogens is 1. The predicted octanol–water partition coefficient (Wildman–Crippen LogP) is 3.67. The number of likely N-dealkylation sites (tertiary alicyclic amines) is 1. The monoisotopic (exact) mass is 417 g/mol. The molecule has 1 aromatic heterocycles. The molecule has 28 heavy (non-hydrogen) atoms. The lowest BCUT2D eigenvalue weighted by molar-refractivity contribution is -0.120. The SMILES string of the molecule is CSc1ncccc1C(=O)N1CCC(CNC(=O)Cc2ccccc2Cl)CC1. The maximum absolute atomic E-state index is 12.8. The van der Waals surface area contributed by atoms with E-state index in [4.69, 9.17) is 11.6 Å². The van der Waals surface area contributed by atoms with Gasteiger partial charge in [-0.2, -0.15) is 0 Å². The highest BCUT2D eigenvalue weighted by Crippen LogP contribution is 2.23. The molecule has 1 aliphatic heterocycles. The summed E-state index contributed by atoms with van der Waals surface area (Å²) >= 11 is 7.60. The first-order valence-electron chi connectivity index (χ1n) is 9.37. The number of nitrogens with zero attached hydrogens (tertiary/aromatic N) is 2. The third-order valence-electron chi connectivity index (χ3n) is 4.99. The van der Waals surface area contributed by atoms with Gasteiger partial charge in [0.25, 0.3) is 5.91 Å². The van der Waals surface area contributed by atoms with Crippen LogP contribution in [-0.2, 0) is 11.2 Å². The number of hydrogen-bond donors (Lipinski definition) is 1. The Hall–Kier alpha value is -2.05. The molecule has 0 unspecified atom stereocenters. The van der Waals surface area contributed by atoms with Crippen LogP contribution in [0.2, 0.25) is 5.02 Å². The minimum Gasteiger partial charge on any atom is -0.356 e. The van der Waals surface area contributed by atoms with Crippen LogP contribution in [0.25, 0.3) is 0 Å². The van der Waals surface area contributed by atoms with Gasteiger partial charge in [-0.25, -0.2) is 4.98 Å². The van der Waals surface area contributed by atoms with E-state index < -0.39 is 0 Å². The second-order valence-corrected chi connectivity index (χ2v) is 8.07. The zero-order valence-electron chi connectivity index (χ0n) is 15.9. The van der Waals surface area contributed by atoms with E-state index >= 15 is 0 Å². The van der Waals surface area contributed by atoms with Gasteiger partial charge in [0, 0.05) is 30.9 Å². The van der Waals surface area contributed by atoms with Crippen LogP contribution in [0.4, 0.5) is 0 Å². The Bertz CT molecular complexity index is 838. The Kier molecular flexibility index (Phi) is 7.34. The number of amides is 2. The topological polar surface area (TPSA) is 62.3 Å². The molecule has 7 heteroatoms. The number of benzene rings is 1. The van der Waals surface area contributed by atoms with Crippen LogP contribution < -0.4 is 5.32 Å². The van der Waals surface area contributed by atoms with E-state index in [9.17, 15) is 9.59 Å². The number of rotatable bonds is 6. The molecule has 0 radical (unpaired) electrons. The third kappa shape index (κ3) is 5.26. The number of halogens is 1. The number of pyridine rings is 1. The first-order chi connectivity index (χ1) is 13.6. The number of piperidine rings is 1. The standard InChI is InChI=1S/C21H24ClN3O2S/c1-28-20-17(6-4-10-23-20)21(27)25-11-8-15(9-12-25)14-24-19(26)13-16-5-2-3-7-18(16)22/h2-7,10,15H,8-9,11-14H2,1H3,(H,24,26). The third-order valence-corrected chi connectivity index (χ3v) is 6.07. The van der Waals surface area contributed by atoms with Crippen LogP contribution in [0.15, 0.2) is 47.6 Å². The highest BCUT2D eigenvalue weighted by atomic mass is 35.5. The molecule has 2 aromatic rings. The number of nitrogens with one attached hydrogen (secondary N) is 1. The highest BCUT2D eigenvalue weighted by molar-refractivity contribution is 7.98. The summed E-state index contributed by atoms with van der Waals surface area (Å²) in [6.07, 6.45) is 5.69. The van der Waals surface area contributed by atoms with E-state index in [1.54, 1.807) is 18.3 Å². The van der Waals surface area contributed by atoms with E-state index in [2.05, 4.69) is 10.3 Å². The summed E-state index contributed by atoms with van der Waals surface area (Å²) in [6.45, 7) is 2.04. The van der Waals surface area contributed by atoms with E-state index in [-0.39, 0.29) is 18.2 Å². The van der Waals surface area contributed by atoms with Gasteiger partial charge in [0.05, 0.1) is 12.0 Å². The molecule has 1 N–H and O–H groups in total. The summed E-state index contributed by atoms with van der Waals surface area (Å²) in [4.78, 5) is 31.1. The van der Waals surface area contributed by atoms with Crippen molar-refractivity contribution in [2.45, 2.75) is 24.3 Å². The predicted molar refractivity (Wildman–Crippen MR) is 113 cm³/mol. The van der Waals surface area contributed by atoms with Crippen LogP contribution in [0.1, 0.15) is 28.8 Å². The van der Waals surface area contributed by atoms with Crippen molar-refractivity contribution in [3.63, 3.8) is 0 Å². The Morgan fingerprint density at radius 2 is 1.96 bits per heavy atom. The number of hydrogen-bond acceptors (Lipinski definition) is 4. The molecule has 0 aliphatic carbocycles. The Balaban J connectivity index is 1.46. The van der Waals surface area contributed by atoms with Crippen LogP contribution in [0, 0.1) is 5.92 Å². The molecule has 0 spiro atoms. The van der Waals surface area contributed by atoms with Crippen molar-refractivity contribution in [2.75, 3.05) is 25.9 Å². The smallest absolute Gasteiger partial charge is 0.256 e. The van der Waals surface area contributed by atoms with Crippen LogP contribution in [-0.4, -0.2) is 47.6 Å². The molecule has 148 valence electrons. The fourth-order valence-corrected chi connectivity index (χ4v) is 4.11. The zero-order chi connectivity index (χ0) is 19.9. The molecule has 5 nitrogen and oxygen atoms in total. The van der Waals surface area contributed by atoms with Crippen molar-refractivity contribution in [3.8, 4) is 0 Å². The van der Waals surface area contributed by atoms with Crippen molar-refractivity contribution in [1.29, 1.82) is 0 Å². The largest absolute Gasteiger partial charge is 0.356 e. The molecule has 3 rings (SSSR count). The van der Waals surface area contributed by atoms with Gasteiger partial charge in [-0.15, -0.1) is 11.8 Å². The van der Waals surface area contributed by atoms with E-state index in [0.717, 1.165) is 23.4 Å². The van der Waals surface area contributed by atoms with Gasteiger partial charge in [-0.1, -0.05) is 29.8 Å². The number of carbonyl (C=O) groups is 2. The quantitative estimate of drug-likeness (QED) is 0.728. The first-order valence-corrected chi connectivity index (χ1v) is 11.0. The van der Waals surface area contributed by atoms with E-state index in [0.29, 0.717) is 36.1 Å². The second-order valence-electron chi connectivity index (χ2n) is 6.87. The maximum atomic E-state index is 12.8. The fourth-order valence-electron chi connectivity index (χ4n) is 3.36. The van der Waals surface area contributed by atoms with Gasteiger partial charge in [-0.05, 0) is 48.8 Å². The zero-order valence-corrected chi connectivity index (χ0v) is 17.4. The van der Waals surface area contributed by atoms with Gasteiger partial charge in [0.1, 0.15) is 5.03 Å². The Labute approximate surface area is 174 Å². The molecular weight excluding hydrogens is 394 g/mol. The molecule has 0 bridgehead atoms. The molecule has 1 fully saturated rings. The van der Waals surface area contributed by atoms with Gasteiger partial charge in [-0.3, -0.25) is 9.59 Å². The van der Waals surface area contributed by atoms with Gasteiger partial charge in [0.15, 0.2) is 0 Å². The molecule has 0 saturated carbocycles. The molecular formula is C21H24ClN3O2S. The van der Waals surface area contributed by atoms with Crippen molar-refractivity contribution >= 4 is 35.2 Å². The van der Waals surface area contributed by atoms with Crippen molar-refractivity contribution in [3.05, 3.63) is 58.7 Å². The normalized spacial score (nSPS) is 14.7. The summed E-state index contributed by atoms with van der Waals surface area (Å²) in [5, 5.41) is 4.39. The molecule has 0 atom stereocenters. The Morgan fingerprint density at radius 1 is 1.21 bits per heavy atom. The summed E-state index contributed by atoms with van der Waals surface area (Å²) in [5.41, 5.74) is 1.50. The molecule has 2 heterocycles. The lowest BCUT2D eigenvalue weighted by Crippen LogP contribution is -2.42. The Morgan fingerprint density at radius 3 is 2.68 bits per heavy atom. The lowest BCUT2D eigenvalue weighted by Gasteiger charge is -2.32. The van der Waals surface area contributed by atoms with Crippen LogP contribution in [0.5, 0.6) is 0 Å². The van der Waals surface area contributed by atoms with Gasteiger partial charge < -0.3 is 10.2 Å². The first kappa shape index (κ1) is 20.7. The van der Waals surface area contributed by atoms with Gasteiger partial charge >= 0.3 is 0 Å². The maximum Gasteiger partial charge on any atom is 0.256 e. The highest BCUT2D eigenvalue weighted by Gasteiger charge is 2.25. The number of carbonyl (C=O) groups excluding carboxylic acids is 2. The van der Waals surface area contributed by atoms with Crippen LogP contribution in [0.3, 0.4) is 0 Å². The van der Waals surface area contributed by atoms with E-state index in [1.807, 2.05) is 35.4 Å². The minimum absolute atomic E-state index is 0.0217. The summed E-state index contributed by atoms with van der Waals surface area (Å²) < 4.78 is 0. The average molecular weight is 418 g/mol. The van der Waals surface area contributed by atoms with E-state index in [1.165, 1.54) is 11.8 Å². The van der Waals surface area contributed by atoms with Crippen LogP contribution >= 0.6 is 23.4 Å². The van der Waals surface area contributed by atoms with Crippen molar-refractivity contribution < 1.29 is 9.59 Å².